The van der Waals surface area contributed by atoms with Crippen LogP contribution in [0.3, 0.4) is 0 Å². The molecule has 0 saturated heterocycles. The van der Waals surface area contributed by atoms with E-state index in [0.29, 0.717) is 24.0 Å². The summed E-state index contributed by atoms with van der Waals surface area (Å²) in [7, 11) is 0. The second-order valence-corrected chi connectivity index (χ2v) is 4.99. The summed E-state index contributed by atoms with van der Waals surface area (Å²) in [5, 5.41) is 0.561. The number of allylic oxidation sites excluding steroid dienone is 1. The normalized spacial score (nSPS) is 10.5. The fourth-order valence-electron chi connectivity index (χ4n) is 2.33. The lowest BCUT2D eigenvalue weighted by Crippen LogP contribution is -2.04. The summed E-state index contributed by atoms with van der Waals surface area (Å²) in [5.41, 5.74) is 2.41. The van der Waals surface area contributed by atoms with E-state index in [1.807, 2.05) is 42.5 Å². The van der Waals surface area contributed by atoms with Gasteiger partial charge >= 0.3 is 0 Å². The zero-order valence-corrected chi connectivity index (χ0v) is 12.1. The average Bonchev–Trinajstić information content (AvgIpc) is 2.55. The van der Waals surface area contributed by atoms with Gasteiger partial charge in [-0.25, -0.2) is 0 Å². The van der Waals surface area contributed by atoms with Crippen molar-refractivity contribution in [3.8, 4) is 5.95 Å². The Morgan fingerprint density at radius 3 is 2.68 bits per heavy atom. The average molecular weight is 292 g/mol. The van der Waals surface area contributed by atoms with Gasteiger partial charge < -0.3 is 9.15 Å². The van der Waals surface area contributed by atoms with Gasteiger partial charge in [-0.15, -0.1) is 6.58 Å². The molecule has 22 heavy (non-hydrogen) atoms. The van der Waals surface area contributed by atoms with Gasteiger partial charge in [0, 0.05) is 0 Å². The van der Waals surface area contributed by atoms with Crippen molar-refractivity contribution in [2.45, 2.75) is 13.0 Å². The Morgan fingerprint density at radius 1 is 1.09 bits per heavy atom. The van der Waals surface area contributed by atoms with Crippen LogP contribution in [0.25, 0.3) is 11.0 Å². The molecular weight excluding hydrogens is 276 g/mol. The second-order valence-electron chi connectivity index (χ2n) is 4.99. The summed E-state index contributed by atoms with van der Waals surface area (Å²) in [5.74, 6) is 0.234. The highest BCUT2D eigenvalue weighted by atomic mass is 16.6. The molecule has 0 bridgehead atoms. The molecule has 2 aromatic carbocycles. The summed E-state index contributed by atoms with van der Waals surface area (Å²) < 4.78 is 11.4. The van der Waals surface area contributed by atoms with Crippen LogP contribution in [0.5, 0.6) is 5.95 Å². The van der Waals surface area contributed by atoms with E-state index in [1.54, 1.807) is 12.1 Å². The zero-order valence-electron chi connectivity index (χ0n) is 12.1. The number of para-hydroxylation sites is 1. The lowest BCUT2D eigenvalue weighted by Gasteiger charge is -2.08. The largest absolute Gasteiger partial charge is 0.460 e. The van der Waals surface area contributed by atoms with Gasteiger partial charge in [0.05, 0.1) is 11.5 Å². The minimum atomic E-state index is -0.102. The minimum Gasteiger partial charge on any atom is -0.460 e. The van der Waals surface area contributed by atoms with E-state index in [2.05, 4.69) is 6.58 Å². The number of fused-ring (bicyclic) bond motifs is 1. The van der Waals surface area contributed by atoms with E-state index in [9.17, 15) is 4.79 Å². The summed E-state index contributed by atoms with van der Waals surface area (Å²) >= 11 is 0. The molecule has 1 aromatic heterocycles. The molecule has 110 valence electrons. The molecule has 0 atom stereocenters. The van der Waals surface area contributed by atoms with Crippen molar-refractivity contribution in [3.05, 3.63) is 88.6 Å². The first-order chi connectivity index (χ1) is 10.8. The molecule has 1 heterocycles. The van der Waals surface area contributed by atoms with Crippen molar-refractivity contribution in [1.29, 1.82) is 0 Å². The lowest BCUT2D eigenvalue weighted by molar-refractivity contribution is 0.235. The number of rotatable bonds is 5. The van der Waals surface area contributed by atoms with E-state index >= 15 is 0 Å². The minimum absolute atomic E-state index is 0.102. The smallest absolute Gasteiger partial charge is 0.289 e. The van der Waals surface area contributed by atoms with Crippen LogP contribution in [0.15, 0.2) is 76.5 Å². The standard InChI is InChI=1S/C19H16O3/c1-2-7-15-10-6-11-16-17(20)12-18(22-19(15)16)21-13-14-8-4-3-5-9-14/h2-6,8-12H,1,7,13H2. The van der Waals surface area contributed by atoms with Crippen LogP contribution in [0.1, 0.15) is 11.1 Å². The molecule has 3 heteroatoms. The number of hydrogen-bond acceptors (Lipinski definition) is 3. The molecule has 0 saturated carbocycles. The Hall–Kier alpha value is -2.81. The third kappa shape index (κ3) is 2.93. The highest BCUT2D eigenvalue weighted by Crippen LogP contribution is 2.22. The molecule has 3 aromatic rings. The predicted octanol–water partition coefficient (Wildman–Crippen LogP) is 4.10. The van der Waals surface area contributed by atoms with Crippen molar-refractivity contribution in [3.63, 3.8) is 0 Å². The molecule has 3 rings (SSSR count). The van der Waals surface area contributed by atoms with Gasteiger partial charge in [0.1, 0.15) is 12.2 Å². The molecule has 0 spiro atoms. The highest BCUT2D eigenvalue weighted by molar-refractivity contribution is 5.80. The van der Waals surface area contributed by atoms with E-state index in [0.717, 1.165) is 11.1 Å². The molecule has 0 aliphatic carbocycles. The fourth-order valence-corrected chi connectivity index (χ4v) is 2.33. The molecule has 0 unspecified atom stereocenters. The molecule has 0 aliphatic rings. The van der Waals surface area contributed by atoms with Crippen LogP contribution in [0, 0.1) is 0 Å². The molecule has 0 radical (unpaired) electrons. The third-order valence-electron chi connectivity index (χ3n) is 3.40. The first-order valence-electron chi connectivity index (χ1n) is 7.11. The van der Waals surface area contributed by atoms with Gasteiger partial charge in [-0.1, -0.05) is 48.5 Å². The van der Waals surface area contributed by atoms with Gasteiger partial charge in [-0.2, -0.15) is 0 Å². The van der Waals surface area contributed by atoms with Crippen LogP contribution in [0.4, 0.5) is 0 Å². The fraction of sp³-hybridized carbons (Fsp3) is 0.105. The van der Waals surface area contributed by atoms with Crippen molar-refractivity contribution in [1.82, 2.24) is 0 Å². The van der Waals surface area contributed by atoms with E-state index < -0.39 is 0 Å². The van der Waals surface area contributed by atoms with Gasteiger partial charge in [0.25, 0.3) is 5.95 Å². The predicted molar refractivity (Wildman–Crippen MR) is 87.2 cm³/mol. The summed E-state index contributed by atoms with van der Waals surface area (Å²) in [6.45, 7) is 4.09. The Kier molecular flexibility index (Phi) is 4.05. The van der Waals surface area contributed by atoms with Crippen LogP contribution in [-0.4, -0.2) is 0 Å². The molecule has 0 N–H and O–H groups in total. The maximum Gasteiger partial charge on any atom is 0.289 e. The van der Waals surface area contributed by atoms with Gasteiger partial charge in [-0.3, -0.25) is 4.79 Å². The molecule has 0 amide bonds. The van der Waals surface area contributed by atoms with E-state index in [1.165, 1.54) is 6.07 Å². The SMILES string of the molecule is C=CCc1cccc2c(=O)cc(OCc3ccccc3)oc12. The maximum absolute atomic E-state index is 12.2. The Bertz CT molecular complexity index is 847. The second kappa shape index (κ2) is 6.31. The monoisotopic (exact) mass is 292 g/mol. The molecule has 3 nitrogen and oxygen atoms in total. The van der Waals surface area contributed by atoms with Gasteiger partial charge in [0.15, 0.2) is 5.43 Å². The van der Waals surface area contributed by atoms with E-state index in [4.69, 9.17) is 9.15 Å². The summed E-state index contributed by atoms with van der Waals surface area (Å²) in [6, 6.07) is 16.7. The topological polar surface area (TPSA) is 39.4 Å². The number of ether oxygens (including phenoxy) is 1. The van der Waals surface area contributed by atoms with Crippen LogP contribution in [-0.2, 0) is 13.0 Å². The first kappa shape index (κ1) is 14.1. The van der Waals surface area contributed by atoms with E-state index in [-0.39, 0.29) is 11.4 Å². The van der Waals surface area contributed by atoms with Crippen LogP contribution in [0.2, 0.25) is 0 Å². The van der Waals surface area contributed by atoms with Gasteiger partial charge in [0.2, 0.25) is 0 Å². The number of hydrogen-bond donors (Lipinski definition) is 0. The first-order valence-corrected chi connectivity index (χ1v) is 7.11. The third-order valence-corrected chi connectivity index (χ3v) is 3.40. The van der Waals surface area contributed by atoms with Crippen molar-refractivity contribution in [2.24, 2.45) is 0 Å². The Balaban J connectivity index is 1.95. The Morgan fingerprint density at radius 2 is 1.91 bits per heavy atom. The summed E-state index contributed by atoms with van der Waals surface area (Å²) in [6.07, 6.45) is 2.43. The highest BCUT2D eigenvalue weighted by Gasteiger charge is 2.09. The molecule has 0 fully saturated rings. The summed E-state index contributed by atoms with van der Waals surface area (Å²) in [4.78, 5) is 12.2. The van der Waals surface area contributed by atoms with Crippen molar-refractivity contribution in [2.75, 3.05) is 0 Å². The van der Waals surface area contributed by atoms with Gasteiger partial charge in [-0.05, 0) is 23.6 Å². The lowest BCUT2D eigenvalue weighted by atomic mass is 10.1. The van der Waals surface area contributed by atoms with Crippen LogP contribution < -0.4 is 10.2 Å². The zero-order chi connectivity index (χ0) is 15.4. The molecular formula is C19H16O3. The Labute approximate surface area is 128 Å². The molecule has 0 aliphatic heterocycles. The number of benzene rings is 2. The maximum atomic E-state index is 12.2. The van der Waals surface area contributed by atoms with Crippen molar-refractivity contribution < 1.29 is 9.15 Å². The van der Waals surface area contributed by atoms with Crippen molar-refractivity contribution >= 4 is 11.0 Å². The quantitative estimate of drug-likeness (QED) is 0.665. The van der Waals surface area contributed by atoms with Crippen LogP contribution >= 0.6 is 0 Å².